The number of carbonyl (C=O) groups excluding carboxylic acids is 2. The van der Waals surface area contributed by atoms with E-state index in [4.69, 9.17) is 4.74 Å². The highest BCUT2D eigenvalue weighted by Gasteiger charge is 2.24. The van der Waals surface area contributed by atoms with Gasteiger partial charge in [-0.25, -0.2) is 4.79 Å². The molecule has 1 heterocycles. The number of ether oxygens (including phenoxy) is 1. The predicted molar refractivity (Wildman–Crippen MR) is 53.3 cm³/mol. The maximum absolute atomic E-state index is 11.4. The van der Waals surface area contributed by atoms with Gasteiger partial charge in [0.1, 0.15) is 0 Å². The van der Waals surface area contributed by atoms with Crippen LogP contribution in [-0.4, -0.2) is 42.6 Å². The molecular formula is C10H16N2O3. The summed E-state index contributed by atoms with van der Waals surface area (Å²) >= 11 is 0. The fourth-order valence-corrected chi connectivity index (χ4v) is 1.56. The smallest absolute Gasteiger partial charge is 0.409 e. The van der Waals surface area contributed by atoms with Crippen LogP contribution in [0.5, 0.6) is 0 Å². The van der Waals surface area contributed by atoms with Crippen LogP contribution in [-0.2, 0) is 9.53 Å². The molecule has 1 saturated heterocycles. The molecule has 84 valence electrons. The molecule has 0 aromatic heterocycles. The third kappa shape index (κ3) is 3.11. The highest BCUT2D eigenvalue weighted by atomic mass is 16.6. The molecule has 1 aliphatic carbocycles. The topological polar surface area (TPSA) is 58.6 Å². The first-order chi connectivity index (χ1) is 7.25. The van der Waals surface area contributed by atoms with E-state index in [9.17, 15) is 9.59 Å². The largest absolute Gasteiger partial charge is 0.449 e. The minimum atomic E-state index is -0.291. The quantitative estimate of drug-likeness (QED) is 0.738. The van der Waals surface area contributed by atoms with Gasteiger partial charge in [-0.2, -0.15) is 0 Å². The van der Waals surface area contributed by atoms with E-state index in [1.165, 1.54) is 0 Å². The van der Waals surface area contributed by atoms with E-state index in [-0.39, 0.29) is 12.0 Å². The molecule has 2 rings (SSSR count). The van der Waals surface area contributed by atoms with E-state index in [1.54, 1.807) is 4.90 Å². The Balaban J connectivity index is 1.66. The molecule has 5 heteroatoms. The van der Waals surface area contributed by atoms with Gasteiger partial charge in [0.25, 0.3) is 0 Å². The first-order valence-corrected chi connectivity index (χ1v) is 5.47. The summed E-state index contributed by atoms with van der Waals surface area (Å²) in [6.07, 6.45) is 3.14. The Labute approximate surface area is 88.8 Å². The standard InChI is InChI=1S/C10H16N2O3/c13-9(11-8-2-3-8)4-6-12-5-1-7-15-10(12)14/h8H,1-7H2,(H,11,13). The predicted octanol–water partition coefficient (Wildman–Crippen LogP) is 0.497. The molecule has 0 radical (unpaired) electrons. The molecule has 0 aromatic rings. The van der Waals surface area contributed by atoms with E-state index in [1.807, 2.05) is 0 Å². The zero-order valence-electron chi connectivity index (χ0n) is 8.70. The number of hydrogen-bond acceptors (Lipinski definition) is 3. The second-order valence-electron chi connectivity index (χ2n) is 4.05. The molecule has 1 saturated carbocycles. The van der Waals surface area contributed by atoms with Crippen LogP contribution >= 0.6 is 0 Å². The Morgan fingerprint density at radius 1 is 1.53 bits per heavy atom. The van der Waals surface area contributed by atoms with Gasteiger partial charge in [0, 0.05) is 25.6 Å². The number of nitrogens with zero attached hydrogens (tertiary/aromatic N) is 1. The number of cyclic esters (lactones) is 1. The monoisotopic (exact) mass is 212 g/mol. The van der Waals surface area contributed by atoms with Crippen LogP contribution in [0.4, 0.5) is 4.79 Å². The van der Waals surface area contributed by atoms with E-state index < -0.39 is 0 Å². The molecule has 0 bridgehead atoms. The van der Waals surface area contributed by atoms with Crippen LogP contribution in [0.15, 0.2) is 0 Å². The summed E-state index contributed by atoms with van der Waals surface area (Å²) in [6, 6.07) is 0.394. The second-order valence-corrected chi connectivity index (χ2v) is 4.05. The van der Waals surface area contributed by atoms with Crippen LogP contribution < -0.4 is 5.32 Å². The lowest BCUT2D eigenvalue weighted by Gasteiger charge is -2.25. The lowest BCUT2D eigenvalue weighted by atomic mass is 10.3. The van der Waals surface area contributed by atoms with Gasteiger partial charge in [-0.1, -0.05) is 0 Å². The van der Waals surface area contributed by atoms with Crippen molar-refractivity contribution in [2.45, 2.75) is 31.7 Å². The van der Waals surface area contributed by atoms with Gasteiger partial charge in [0.2, 0.25) is 5.91 Å². The third-order valence-electron chi connectivity index (χ3n) is 2.61. The van der Waals surface area contributed by atoms with Crippen molar-refractivity contribution in [2.24, 2.45) is 0 Å². The van der Waals surface area contributed by atoms with E-state index in [0.717, 1.165) is 19.3 Å². The Kier molecular flexibility index (Phi) is 3.08. The van der Waals surface area contributed by atoms with Crippen molar-refractivity contribution in [2.75, 3.05) is 19.7 Å². The molecule has 5 nitrogen and oxygen atoms in total. The molecule has 2 fully saturated rings. The summed E-state index contributed by atoms with van der Waals surface area (Å²) < 4.78 is 4.87. The van der Waals surface area contributed by atoms with Crippen molar-refractivity contribution in [1.29, 1.82) is 0 Å². The number of rotatable bonds is 4. The zero-order valence-corrected chi connectivity index (χ0v) is 8.70. The van der Waals surface area contributed by atoms with E-state index in [2.05, 4.69) is 5.32 Å². The SMILES string of the molecule is O=C(CCN1CCCOC1=O)NC1CC1. The molecule has 0 spiro atoms. The van der Waals surface area contributed by atoms with Gasteiger partial charge in [-0.05, 0) is 19.3 Å². The lowest BCUT2D eigenvalue weighted by Crippen LogP contribution is -2.40. The molecule has 2 aliphatic rings. The normalized spacial score (nSPS) is 21.1. The Hall–Kier alpha value is -1.26. The average Bonchev–Trinajstić information content (AvgIpc) is 3.00. The van der Waals surface area contributed by atoms with Crippen molar-refractivity contribution in [3.63, 3.8) is 0 Å². The van der Waals surface area contributed by atoms with Crippen LogP contribution in [0.3, 0.4) is 0 Å². The van der Waals surface area contributed by atoms with Crippen molar-refractivity contribution >= 4 is 12.0 Å². The van der Waals surface area contributed by atoms with Gasteiger partial charge in [-0.15, -0.1) is 0 Å². The first-order valence-electron chi connectivity index (χ1n) is 5.47. The number of carbonyl (C=O) groups is 2. The Morgan fingerprint density at radius 2 is 2.33 bits per heavy atom. The molecule has 15 heavy (non-hydrogen) atoms. The zero-order chi connectivity index (χ0) is 10.7. The summed E-state index contributed by atoms with van der Waals surface area (Å²) in [5, 5.41) is 2.89. The van der Waals surface area contributed by atoms with Gasteiger partial charge in [0.05, 0.1) is 6.61 Å². The Bertz CT molecular complexity index is 263. The van der Waals surface area contributed by atoms with E-state index >= 15 is 0 Å². The van der Waals surface area contributed by atoms with Gasteiger partial charge in [0.15, 0.2) is 0 Å². The molecule has 0 unspecified atom stereocenters. The van der Waals surface area contributed by atoms with Crippen LogP contribution in [0, 0.1) is 0 Å². The minimum Gasteiger partial charge on any atom is -0.449 e. The van der Waals surface area contributed by atoms with E-state index in [0.29, 0.717) is 32.2 Å². The third-order valence-corrected chi connectivity index (χ3v) is 2.61. The number of amides is 2. The maximum atomic E-state index is 11.4. The van der Waals surface area contributed by atoms with Crippen molar-refractivity contribution in [1.82, 2.24) is 10.2 Å². The summed E-state index contributed by atoms with van der Waals surface area (Å²) in [5.74, 6) is 0.0378. The Morgan fingerprint density at radius 3 is 3.00 bits per heavy atom. The molecule has 1 N–H and O–H groups in total. The van der Waals surface area contributed by atoms with Crippen LogP contribution in [0.2, 0.25) is 0 Å². The van der Waals surface area contributed by atoms with Crippen molar-refractivity contribution in [3.8, 4) is 0 Å². The fourth-order valence-electron chi connectivity index (χ4n) is 1.56. The minimum absolute atomic E-state index is 0.0378. The van der Waals surface area contributed by atoms with Gasteiger partial charge >= 0.3 is 6.09 Å². The van der Waals surface area contributed by atoms with Crippen LogP contribution in [0.1, 0.15) is 25.7 Å². The lowest BCUT2D eigenvalue weighted by molar-refractivity contribution is -0.121. The summed E-state index contributed by atoms with van der Waals surface area (Å²) in [7, 11) is 0. The van der Waals surface area contributed by atoms with Gasteiger partial charge in [-0.3, -0.25) is 4.79 Å². The number of nitrogens with one attached hydrogen (secondary N) is 1. The molecule has 0 atom stereocenters. The fraction of sp³-hybridized carbons (Fsp3) is 0.800. The highest BCUT2D eigenvalue weighted by Crippen LogP contribution is 2.18. The molecular weight excluding hydrogens is 196 g/mol. The molecule has 0 aromatic carbocycles. The summed E-state index contributed by atoms with van der Waals surface area (Å²) in [5.41, 5.74) is 0. The van der Waals surface area contributed by atoms with Crippen LogP contribution in [0.25, 0.3) is 0 Å². The van der Waals surface area contributed by atoms with Crippen molar-refractivity contribution < 1.29 is 14.3 Å². The highest BCUT2D eigenvalue weighted by molar-refractivity contribution is 5.77. The maximum Gasteiger partial charge on any atom is 0.409 e. The number of hydrogen-bond donors (Lipinski definition) is 1. The average molecular weight is 212 g/mol. The summed E-state index contributed by atoms with van der Waals surface area (Å²) in [6.45, 7) is 1.68. The molecule has 1 aliphatic heterocycles. The van der Waals surface area contributed by atoms with Gasteiger partial charge < -0.3 is 15.0 Å². The summed E-state index contributed by atoms with van der Waals surface area (Å²) in [4.78, 5) is 24.2. The second kappa shape index (κ2) is 4.51. The molecule has 2 amide bonds. The van der Waals surface area contributed by atoms with Crippen molar-refractivity contribution in [3.05, 3.63) is 0 Å². The first kappa shape index (κ1) is 10.3.